The van der Waals surface area contributed by atoms with Gasteiger partial charge in [0, 0.05) is 0 Å². The Hall–Kier alpha value is -1.66. The first kappa shape index (κ1) is 12.4. The van der Waals surface area contributed by atoms with Crippen molar-refractivity contribution in [1.82, 2.24) is 4.98 Å². The Kier molecular flexibility index (Phi) is 3.16. The predicted molar refractivity (Wildman–Crippen MR) is 45.2 cm³/mol. The van der Waals surface area contributed by atoms with Gasteiger partial charge in [0.05, 0.1) is 5.56 Å². The average Bonchev–Trinajstić information content (AvgIpc) is 2.15. The van der Waals surface area contributed by atoms with Crippen molar-refractivity contribution >= 4 is 10.0 Å². The van der Waals surface area contributed by atoms with Crippen LogP contribution in [0.4, 0.5) is 13.2 Å². The molecule has 9 heteroatoms. The van der Waals surface area contributed by atoms with Crippen molar-refractivity contribution in [2.24, 2.45) is 5.14 Å². The van der Waals surface area contributed by atoms with E-state index in [0.717, 1.165) is 6.07 Å². The van der Waals surface area contributed by atoms with Crippen LogP contribution in [-0.4, -0.2) is 13.4 Å². The molecule has 0 aliphatic carbocycles. The summed E-state index contributed by atoms with van der Waals surface area (Å²) in [6.45, 7) is 0. The fourth-order valence-electron chi connectivity index (χ4n) is 0.903. The molecular formula is C7H4F3N3O2S. The smallest absolute Gasteiger partial charge is 0.223 e. The zero-order valence-corrected chi connectivity index (χ0v) is 8.30. The largest absolute Gasteiger partial charge is 0.266 e. The second kappa shape index (κ2) is 4.07. The van der Waals surface area contributed by atoms with Gasteiger partial charge in [-0.15, -0.1) is 0 Å². The summed E-state index contributed by atoms with van der Waals surface area (Å²) in [7, 11) is -4.37. The fraction of sp³-hybridized carbons (Fsp3) is 0.143. The number of nitrogens with zero attached hydrogens (tertiary/aromatic N) is 2. The molecular weight excluding hydrogens is 247 g/mol. The highest BCUT2D eigenvalue weighted by Crippen LogP contribution is 2.25. The molecule has 0 bridgehead atoms. The van der Waals surface area contributed by atoms with Gasteiger partial charge in [-0.2, -0.15) is 5.26 Å². The molecule has 1 aromatic rings. The summed E-state index contributed by atoms with van der Waals surface area (Å²) in [4.78, 5) is 3.02. The van der Waals surface area contributed by atoms with Crippen molar-refractivity contribution < 1.29 is 21.6 Å². The second-order valence-corrected chi connectivity index (χ2v) is 4.18. The number of nitrogens with two attached hydrogens (primary N) is 1. The van der Waals surface area contributed by atoms with Gasteiger partial charge in [0.1, 0.15) is 6.07 Å². The number of nitriles is 1. The fourth-order valence-corrected chi connectivity index (χ4v) is 1.41. The van der Waals surface area contributed by atoms with E-state index in [1.54, 1.807) is 0 Å². The van der Waals surface area contributed by atoms with E-state index in [2.05, 4.69) is 10.1 Å². The minimum absolute atomic E-state index is 0.302. The lowest BCUT2D eigenvalue weighted by molar-refractivity contribution is 0.145. The Morgan fingerprint density at radius 2 is 2.06 bits per heavy atom. The molecule has 2 N–H and O–H groups in total. The SMILES string of the molecule is N#Cc1nc(S(N)(=O)=O)cc(C(F)F)c1F. The van der Waals surface area contributed by atoms with Gasteiger partial charge in [0.2, 0.25) is 0 Å². The standard InChI is InChI=1S/C7H4F3N3O2S/c8-6-3(7(9)10)1-5(16(12,14)15)13-4(6)2-11/h1,7H,(H2,12,14,15). The Morgan fingerprint density at radius 3 is 2.44 bits per heavy atom. The van der Waals surface area contributed by atoms with Gasteiger partial charge in [-0.1, -0.05) is 0 Å². The first-order valence-electron chi connectivity index (χ1n) is 3.69. The second-order valence-electron chi connectivity index (χ2n) is 2.67. The minimum Gasteiger partial charge on any atom is -0.223 e. The third kappa shape index (κ3) is 2.29. The van der Waals surface area contributed by atoms with Crippen molar-refractivity contribution in [2.45, 2.75) is 11.5 Å². The molecule has 0 aliphatic heterocycles. The predicted octanol–water partition coefficient (Wildman–Crippen LogP) is 0.677. The molecule has 86 valence electrons. The number of hydrogen-bond acceptors (Lipinski definition) is 4. The van der Waals surface area contributed by atoms with E-state index >= 15 is 0 Å². The number of rotatable bonds is 2. The summed E-state index contributed by atoms with van der Waals surface area (Å²) in [5.74, 6) is -1.55. The van der Waals surface area contributed by atoms with Crippen LogP contribution < -0.4 is 5.14 Å². The Balaban J connectivity index is 3.61. The maximum atomic E-state index is 13.1. The van der Waals surface area contributed by atoms with Gasteiger partial charge in [0.25, 0.3) is 16.4 Å². The van der Waals surface area contributed by atoms with Gasteiger partial charge in [0.15, 0.2) is 16.5 Å². The molecule has 1 heterocycles. The Morgan fingerprint density at radius 1 is 1.50 bits per heavy atom. The van der Waals surface area contributed by atoms with Crippen LogP contribution in [0.3, 0.4) is 0 Å². The van der Waals surface area contributed by atoms with Crippen molar-refractivity contribution in [2.75, 3.05) is 0 Å². The van der Waals surface area contributed by atoms with E-state index in [1.165, 1.54) is 0 Å². The number of sulfonamides is 1. The highest BCUT2D eigenvalue weighted by Gasteiger charge is 2.23. The molecule has 5 nitrogen and oxygen atoms in total. The minimum atomic E-state index is -4.37. The third-order valence-electron chi connectivity index (χ3n) is 1.59. The van der Waals surface area contributed by atoms with Gasteiger partial charge >= 0.3 is 0 Å². The summed E-state index contributed by atoms with van der Waals surface area (Å²) < 4.78 is 59.3. The van der Waals surface area contributed by atoms with Crippen LogP contribution in [-0.2, 0) is 10.0 Å². The van der Waals surface area contributed by atoms with Crippen molar-refractivity contribution in [3.05, 3.63) is 23.1 Å². The van der Waals surface area contributed by atoms with Gasteiger partial charge in [-0.05, 0) is 6.07 Å². The van der Waals surface area contributed by atoms with Crippen LogP contribution in [0.5, 0.6) is 0 Å². The third-order valence-corrected chi connectivity index (χ3v) is 2.39. The lowest BCUT2D eigenvalue weighted by Gasteiger charge is -2.05. The van der Waals surface area contributed by atoms with Crippen molar-refractivity contribution in [3.8, 4) is 6.07 Å². The lowest BCUT2D eigenvalue weighted by Crippen LogP contribution is -2.16. The quantitative estimate of drug-likeness (QED) is 0.835. The number of pyridine rings is 1. The molecule has 0 aliphatic rings. The molecule has 0 spiro atoms. The van der Waals surface area contributed by atoms with E-state index < -0.39 is 38.5 Å². The normalized spacial score (nSPS) is 11.5. The molecule has 0 fully saturated rings. The summed E-state index contributed by atoms with van der Waals surface area (Å²) in [6.07, 6.45) is -3.27. The highest BCUT2D eigenvalue weighted by atomic mass is 32.2. The van der Waals surface area contributed by atoms with E-state index in [-0.39, 0.29) is 0 Å². The molecule has 0 atom stereocenters. The summed E-state index contributed by atoms with van der Waals surface area (Å²) in [5.41, 5.74) is -2.27. The topological polar surface area (TPSA) is 96.8 Å². The van der Waals surface area contributed by atoms with Crippen LogP contribution in [0, 0.1) is 17.1 Å². The zero-order valence-electron chi connectivity index (χ0n) is 7.49. The maximum Gasteiger partial charge on any atom is 0.266 e. The maximum absolute atomic E-state index is 13.1. The number of halogens is 3. The van der Waals surface area contributed by atoms with Crippen LogP contribution in [0.2, 0.25) is 0 Å². The average molecular weight is 251 g/mol. The molecule has 0 saturated heterocycles. The first-order chi connectivity index (χ1) is 7.27. The Bertz CT molecular complexity index is 565. The molecule has 0 aromatic carbocycles. The van der Waals surface area contributed by atoms with Gasteiger partial charge in [-0.25, -0.2) is 31.7 Å². The lowest BCUT2D eigenvalue weighted by atomic mass is 10.2. The molecule has 0 amide bonds. The monoisotopic (exact) mass is 251 g/mol. The molecule has 1 rings (SSSR count). The van der Waals surface area contributed by atoms with Crippen LogP contribution >= 0.6 is 0 Å². The Labute approximate surface area is 88.4 Å². The van der Waals surface area contributed by atoms with Crippen LogP contribution in [0.1, 0.15) is 17.7 Å². The molecule has 1 aromatic heterocycles. The van der Waals surface area contributed by atoms with Crippen molar-refractivity contribution in [3.63, 3.8) is 0 Å². The number of primary sulfonamides is 1. The van der Waals surface area contributed by atoms with Crippen LogP contribution in [0.15, 0.2) is 11.1 Å². The molecule has 0 saturated carbocycles. The molecule has 16 heavy (non-hydrogen) atoms. The zero-order chi connectivity index (χ0) is 12.5. The summed E-state index contributed by atoms with van der Waals surface area (Å²) >= 11 is 0. The first-order valence-corrected chi connectivity index (χ1v) is 5.23. The van der Waals surface area contributed by atoms with Gasteiger partial charge < -0.3 is 0 Å². The number of alkyl halides is 2. The molecule has 0 unspecified atom stereocenters. The van der Waals surface area contributed by atoms with Crippen LogP contribution in [0.25, 0.3) is 0 Å². The van der Waals surface area contributed by atoms with E-state index in [1.807, 2.05) is 0 Å². The number of hydrogen-bond donors (Lipinski definition) is 1. The molecule has 0 radical (unpaired) electrons. The van der Waals surface area contributed by atoms with E-state index in [4.69, 9.17) is 5.26 Å². The van der Waals surface area contributed by atoms with Crippen molar-refractivity contribution in [1.29, 1.82) is 5.26 Å². The highest BCUT2D eigenvalue weighted by molar-refractivity contribution is 7.89. The van der Waals surface area contributed by atoms with E-state index in [9.17, 15) is 21.6 Å². The summed E-state index contributed by atoms with van der Waals surface area (Å²) in [6, 6.07) is 1.47. The number of aromatic nitrogens is 1. The summed E-state index contributed by atoms with van der Waals surface area (Å²) in [5, 5.41) is 12.0. The van der Waals surface area contributed by atoms with Gasteiger partial charge in [-0.3, -0.25) is 0 Å². The van der Waals surface area contributed by atoms with E-state index in [0.29, 0.717) is 6.07 Å².